The molecule has 100 valence electrons. The van der Waals surface area contributed by atoms with Gasteiger partial charge in [-0.3, -0.25) is 9.89 Å². The van der Waals surface area contributed by atoms with Crippen molar-refractivity contribution in [2.75, 3.05) is 11.9 Å². The number of nitrogens with one attached hydrogen (secondary N) is 3. The van der Waals surface area contributed by atoms with Gasteiger partial charge in [-0.15, -0.1) is 0 Å². The molecule has 1 unspecified atom stereocenters. The molecule has 18 heavy (non-hydrogen) atoms. The summed E-state index contributed by atoms with van der Waals surface area (Å²) in [4.78, 5) is 11.8. The third-order valence-corrected chi connectivity index (χ3v) is 3.25. The molecular weight excluding hydrogens is 228 g/mol. The Morgan fingerprint density at radius 1 is 1.56 bits per heavy atom. The summed E-state index contributed by atoms with van der Waals surface area (Å²) in [5.41, 5.74) is 1.04. The molecule has 3 N–H and O–H groups in total. The highest BCUT2D eigenvalue weighted by Crippen LogP contribution is 2.22. The molecule has 1 atom stereocenters. The van der Waals surface area contributed by atoms with Crippen LogP contribution in [0.3, 0.4) is 0 Å². The summed E-state index contributed by atoms with van der Waals surface area (Å²) >= 11 is 0. The number of rotatable bonds is 3. The lowest BCUT2D eigenvalue weighted by atomic mass is 9.92. The molecule has 1 amide bonds. The van der Waals surface area contributed by atoms with Crippen molar-refractivity contribution in [2.24, 2.45) is 0 Å². The van der Waals surface area contributed by atoms with Gasteiger partial charge in [0.25, 0.3) is 0 Å². The summed E-state index contributed by atoms with van der Waals surface area (Å²) < 4.78 is 0. The summed E-state index contributed by atoms with van der Waals surface area (Å²) in [5.74, 6) is 0.643. The van der Waals surface area contributed by atoms with Gasteiger partial charge in [0.15, 0.2) is 5.82 Å². The largest absolute Gasteiger partial charge is 0.313 e. The minimum Gasteiger partial charge on any atom is -0.313 e. The number of carbonyl (C=O) groups excluding carboxylic acids is 1. The van der Waals surface area contributed by atoms with Crippen LogP contribution in [-0.4, -0.2) is 28.7 Å². The number of hydrogen-bond acceptors (Lipinski definition) is 3. The van der Waals surface area contributed by atoms with Crippen LogP contribution < -0.4 is 10.6 Å². The zero-order valence-corrected chi connectivity index (χ0v) is 11.3. The predicted octanol–water partition coefficient (Wildman–Crippen LogP) is 1.79. The minimum absolute atomic E-state index is 0.0169. The molecule has 2 rings (SSSR count). The topological polar surface area (TPSA) is 69.8 Å². The molecule has 0 aliphatic carbocycles. The fraction of sp³-hybridized carbons (Fsp3) is 0.692. The van der Waals surface area contributed by atoms with Crippen LogP contribution in [0.25, 0.3) is 0 Å². The van der Waals surface area contributed by atoms with Crippen molar-refractivity contribution in [3.8, 4) is 0 Å². The molecule has 0 saturated carbocycles. The van der Waals surface area contributed by atoms with E-state index in [0.29, 0.717) is 18.3 Å². The summed E-state index contributed by atoms with van der Waals surface area (Å²) in [5, 5.41) is 13.2. The normalized spacial score (nSPS) is 20.1. The van der Waals surface area contributed by atoms with Crippen molar-refractivity contribution in [1.82, 2.24) is 15.5 Å². The second-order valence-electron chi connectivity index (χ2n) is 5.96. The second kappa shape index (κ2) is 5.10. The van der Waals surface area contributed by atoms with Gasteiger partial charge in [-0.1, -0.05) is 20.8 Å². The average molecular weight is 250 g/mol. The highest BCUT2D eigenvalue weighted by molar-refractivity contribution is 5.90. The van der Waals surface area contributed by atoms with E-state index in [2.05, 4.69) is 41.6 Å². The SMILES string of the molecule is CC(C)(C)c1cc(NC(=O)CC2CCCN2)n[nH]1. The fourth-order valence-corrected chi connectivity index (χ4v) is 2.12. The molecule has 0 bridgehead atoms. The van der Waals surface area contributed by atoms with Gasteiger partial charge in [-0.05, 0) is 19.4 Å². The van der Waals surface area contributed by atoms with Gasteiger partial charge >= 0.3 is 0 Å². The second-order valence-corrected chi connectivity index (χ2v) is 5.96. The third-order valence-electron chi connectivity index (χ3n) is 3.25. The van der Waals surface area contributed by atoms with Gasteiger partial charge in [0, 0.05) is 29.6 Å². The summed E-state index contributed by atoms with van der Waals surface area (Å²) in [6.45, 7) is 7.34. The Morgan fingerprint density at radius 3 is 2.89 bits per heavy atom. The Kier molecular flexibility index (Phi) is 3.71. The molecule has 1 aliphatic heterocycles. The lowest BCUT2D eigenvalue weighted by molar-refractivity contribution is -0.116. The van der Waals surface area contributed by atoms with Crippen molar-refractivity contribution in [2.45, 2.75) is 51.5 Å². The van der Waals surface area contributed by atoms with E-state index in [0.717, 1.165) is 25.1 Å². The standard InChI is InChI=1S/C13H22N4O/c1-13(2,3)10-8-11(17-16-10)15-12(18)7-9-5-4-6-14-9/h8-9,14H,4-7H2,1-3H3,(H2,15,16,17,18). The van der Waals surface area contributed by atoms with Crippen LogP contribution >= 0.6 is 0 Å². The van der Waals surface area contributed by atoms with E-state index in [1.54, 1.807) is 0 Å². The Bertz CT molecular complexity index is 413. The number of anilines is 1. The van der Waals surface area contributed by atoms with Crippen LogP contribution in [0, 0.1) is 0 Å². The molecular formula is C13H22N4O. The van der Waals surface area contributed by atoms with Gasteiger partial charge in [0.2, 0.25) is 5.91 Å². The zero-order chi connectivity index (χ0) is 13.2. The smallest absolute Gasteiger partial charge is 0.227 e. The Labute approximate surface area is 108 Å². The maximum absolute atomic E-state index is 11.8. The van der Waals surface area contributed by atoms with Crippen molar-refractivity contribution < 1.29 is 4.79 Å². The van der Waals surface area contributed by atoms with Gasteiger partial charge < -0.3 is 10.6 Å². The quantitative estimate of drug-likeness (QED) is 0.766. The molecule has 0 radical (unpaired) electrons. The van der Waals surface area contributed by atoms with E-state index < -0.39 is 0 Å². The van der Waals surface area contributed by atoms with E-state index >= 15 is 0 Å². The number of H-pyrrole nitrogens is 1. The van der Waals surface area contributed by atoms with Crippen LogP contribution in [0.5, 0.6) is 0 Å². The van der Waals surface area contributed by atoms with Gasteiger partial charge in [-0.2, -0.15) is 5.10 Å². The van der Waals surface area contributed by atoms with Crippen LogP contribution in [0.1, 0.15) is 45.7 Å². The molecule has 1 saturated heterocycles. The van der Waals surface area contributed by atoms with Crippen molar-refractivity contribution in [1.29, 1.82) is 0 Å². The van der Waals surface area contributed by atoms with E-state index in [9.17, 15) is 4.79 Å². The molecule has 0 aromatic carbocycles. The number of hydrogen-bond donors (Lipinski definition) is 3. The van der Waals surface area contributed by atoms with E-state index in [1.807, 2.05) is 6.07 Å². The van der Waals surface area contributed by atoms with Crippen molar-refractivity contribution in [3.63, 3.8) is 0 Å². The Balaban J connectivity index is 1.88. The summed E-state index contributed by atoms with van der Waals surface area (Å²) in [6.07, 6.45) is 2.77. The first-order valence-electron chi connectivity index (χ1n) is 6.54. The third kappa shape index (κ3) is 3.32. The van der Waals surface area contributed by atoms with E-state index in [1.165, 1.54) is 0 Å². The van der Waals surface area contributed by atoms with Crippen molar-refractivity contribution >= 4 is 11.7 Å². The number of aromatic amines is 1. The Hall–Kier alpha value is -1.36. The molecule has 1 fully saturated rings. The molecule has 2 heterocycles. The van der Waals surface area contributed by atoms with E-state index in [4.69, 9.17) is 0 Å². The Morgan fingerprint density at radius 2 is 2.33 bits per heavy atom. The summed E-state index contributed by atoms with van der Waals surface area (Å²) in [7, 11) is 0. The first-order valence-corrected chi connectivity index (χ1v) is 6.54. The average Bonchev–Trinajstić information content (AvgIpc) is 2.87. The molecule has 1 aliphatic rings. The van der Waals surface area contributed by atoms with Gasteiger partial charge in [0.05, 0.1) is 0 Å². The van der Waals surface area contributed by atoms with Crippen LogP contribution in [0.2, 0.25) is 0 Å². The lowest BCUT2D eigenvalue weighted by Gasteiger charge is -2.14. The maximum atomic E-state index is 11.8. The number of aromatic nitrogens is 2. The molecule has 0 spiro atoms. The minimum atomic E-state index is 0.0169. The van der Waals surface area contributed by atoms with Gasteiger partial charge in [0.1, 0.15) is 0 Å². The monoisotopic (exact) mass is 250 g/mol. The predicted molar refractivity (Wildman–Crippen MR) is 71.6 cm³/mol. The number of carbonyl (C=O) groups is 1. The van der Waals surface area contributed by atoms with Gasteiger partial charge in [-0.25, -0.2) is 0 Å². The first-order chi connectivity index (χ1) is 8.45. The molecule has 5 heteroatoms. The first kappa shape index (κ1) is 13.1. The fourth-order valence-electron chi connectivity index (χ4n) is 2.12. The highest BCUT2D eigenvalue weighted by Gasteiger charge is 2.20. The lowest BCUT2D eigenvalue weighted by Crippen LogP contribution is -2.27. The zero-order valence-electron chi connectivity index (χ0n) is 11.3. The van der Waals surface area contributed by atoms with Crippen molar-refractivity contribution in [3.05, 3.63) is 11.8 Å². The number of amides is 1. The van der Waals surface area contributed by atoms with Crippen LogP contribution in [0.15, 0.2) is 6.07 Å². The molecule has 5 nitrogen and oxygen atoms in total. The van der Waals surface area contributed by atoms with Crippen LogP contribution in [-0.2, 0) is 10.2 Å². The summed E-state index contributed by atoms with van der Waals surface area (Å²) in [6, 6.07) is 2.23. The molecule has 1 aromatic heterocycles. The number of nitrogens with zero attached hydrogens (tertiary/aromatic N) is 1. The van der Waals surface area contributed by atoms with E-state index in [-0.39, 0.29) is 11.3 Å². The highest BCUT2D eigenvalue weighted by atomic mass is 16.1. The maximum Gasteiger partial charge on any atom is 0.227 e. The molecule has 1 aromatic rings. The van der Waals surface area contributed by atoms with Crippen LogP contribution in [0.4, 0.5) is 5.82 Å².